The van der Waals surface area contributed by atoms with Gasteiger partial charge in [-0.05, 0) is 42.7 Å². The number of carbonyl (C=O) groups excluding carboxylic acids is 1. The summed E-state index contributed by atoms with van der Waals surface area (Å²) < 4.78 is 1.70. The Bertz CT molecular complexity index is 772. The maximum Gasteiger partial charge on any atom is 0.276 e. The second-order valence-corrected chi connectivity index (χ2v) is 5.02. The molecule has 3 rings (SSSR count). The van der Waals surface area contributed by atoms with E-state index in [0.717, 1.165) is 28.8 Å². The highest BCUT2D eigenvalue weighted by atomic mass is 16.1. The summed E-state index contributed by atoms with van der Waals surface area (Å²) in [6, 6.07) is 13.6. The van der Waals surface area contributed by atoms with Gasteiger partial charge in [0.2, 0.25) is 0 Å². The summed E-state index contributed by atoms with van der Waals surface area (Å²) in [5, 5.41) is 7.29. The van der Waals surface area contributed by atoms with Gasteiger partial charge >= 0.3 is 0 Å². The van der Waals surface area contributed by atoms with Gasteiger partial charge in [0.15, 0.2) is 5.69 Å². The van der Waals surface area contributed by atoms with Gasteiger partial charge in [-0.3, -0.25) is 4.79 Å². The number of amides is 1. The third kappa shape index (κ3) is 2.52. The summed E-state index contributed by atoms with van der Waals surface area (Å²) >= 11 is 0. The molecule has 1 amide bonds. The first-order chi connectivity index (χ1) is 10.2. The van der Waals surface area contributed by atoms with Crippen molar-refractivity contribution < 1.29 is 4.79 Å². The van der Waals surface area contributed by atoms with Crippen LogP contribution in [0.5, 0.6) is 0 Å². The molecule has 0 spiro atoms. The van der Waals surface area contributed by atoms with Crippen LogP contribution >= 0.6 is 0 Å². The minimum atomic E-state index is -0.178. The van der Waals surface area contributed by atoms with Crippen molar-refractivity contribution in [1.29, 1.82) is 0 Å². The number of carbonyl (C=O) groups is 1. The SMILES string of the molecule is CCc1cccc(C)c1NC(=O)c1cc2ccccn2n1. The number of aryl methyl sites for hydroxylation is 2. The third-order valence-corrected chi connectivity index (χ3v) is 3.58. The van der Waals surface area contributed by atoms with Crippen LogP contribution in [0.3, 0.4) is 0 Å². The van der Waals surface area contributed by atoms with Crippen molar-refractivity contribution in [2.24, 2.45) is 0 Å². The Balaban J connectivity index is 1.93. The van der Waals surface area contributed by atoms with E-state index in [1.165, 1.54) is 0 Å². The Kier molecular flexibility index (Phi) is 3.44. The number of aromatic nitrogens is 2. The minimum Gasteiger partial charge on any atom is -0.320 e. The molecule has 0 aliphatic carbocycles. The van der Waals surface area contributed by atoms with Crippen LogP contribution in [0.25, 0.3) is 5.52 Å². The molecule has 0 aliphatic heterocycles. The van der Waals surface area contributed by atoms with Crippen LogP contribution in [0.1, 0.15) is 28.5 Å². The number of fused-ring (bicyclic) bond motifs is 1. The molecule has 0 fully saturated rings. The number of anilines is 1. The molecule has 4 heteroatoms. The topological polar surface area (TPSA) is 46.4 Å². The molecule has 1 aromatic carbocycles. The van der Waals surface area contributed by atoms with Crippen molar-refractivity contribution in [2.75, 3.05) is 5.32 Å². The molecule has 1 N–H and O–H groups in total. The van der Waals surface area contributed by atoms with Crippen molar-refractivity contribution >= 4 is 17.1 Å². The zero-order valence-electron chi connectivity index (χ0n) is 12.1. The predicted molar refractivity (Wildman–Crippen MR) is 83.7 cm³/mol. The van der Waals surface area contributed by atoms with Crippen LogP contribution in [0, 0.1) is 6.92 Å². The molecule has 0 atom stereocenters. The van der Waals surface area contributed by atoms with Crippen LogP contribution in [0.4, 0.5) is 5.69 Å². The first-order valence-corrected chi connectivity index (χ1v) is 7.03. The average molecular weight is 279 g/mol. The van der Waals surface area contributed by atoms with Gasteiger partial charge in [0, 0.05) is 11.9 Å². The summed E-state index contributed by atoms with van der Waals surface area (Å²) in [4.78, 5) is 12.4. The summed E-state index contributed by atoms with van der Waals surface area (Å²) in [6.07, 6.45) is 2.71. The highest BCUT2D eigenvalue weighted by Crippen LogP contribution is 2.21. The van der Waals surface area contributed by atoms with E-state index in [1.54, 1.807) is 10.6 Å². The van der Waals surface area contributed by atoms with Crippen molar-refractivity contribution in [3.05, 3.63) is 65.5 Å². The normalized spacial score (nSPS) is 10.8. The van der Waals surface area contributed by atoms with Crippen molar-refractivity contribution in [3.8, 4) is 0 Å². The second-order valence-electron chi connectivity index (χ2n) is 5.02. The number of nitrogens with one attached hydrogen (secondary N) is 1. The Morgan fingerprint density at radius 1 is 1.24 bits per heavy atom. The Hall–Kier alpha value is -2.62. The number of pyridine rings is 1. The molecule has 106 valence electrons. The molecule has 0 unspecified atom stereocenters. The quantitative estimate of drug-likeness (QED) is 0.798. The molecule has 0 saturated heterocycles. The monoisotopic (exact) mass is 279 g/mol. The first-order valence-electron chi connectivity index (χ1n) is 7.03. The molecule has 0 aliphatic rings. The van der Waals surface area contributed by atoms with Crippen molar-refractivity contribution in [3.63, 3.8) is 0 Å². The fraction of sp³-hybridized carbons (Fsp3) is 0.176. The molecule has 0 radical (unpaired) electrons. The van der Waals surface area contributed by atoms with Gasteiger partial charge in [-0.1, -0.05) is 31.2 Å². The maximum atomic E-state index is 12.4. The lowest BCUT2D eigenvalue weighted by atomic mass is 10.1. The standard InChI is InChI=1S/C17H17N3O/c1-3-13-8-6-7-12(2)16(13)18-17(21)15-11-14-9-4-5-10-20(14)19-15/h4-11H,3H2,1-2H3,(H,18,21). The Labute approximate surface area is 123 Å². The highest BCUT2D eigenvalue weighted by Gasteiger charge is 2.13. The lowest BCUT2D eigenvalue weighted by Gasteiger charge is -2.11. The van der Waals surface area contributed by atoms with E-state index in [4.69, 9.17) is 0 Å². The van der Waals surface area contributed by atoms with Gasteiger partial charge in [0.05, 0.1) is 5.52 Å². The van der Waals surface area contributed by atoms with E-state index >= 15 is 0 Å². The fourth-order valence-corrected chi connectivity index (χ4v) is 2.43. The highest BCUT2D eigenvalue weighted by molar-refractivity contribution is 6.04. The van der Waals surface area contributed by atoms with Crippen LogP contribution in [-0.2, 0) is 6.42 Å². The Morgan fingerprint density at radius 2 is 2.10 bits per heavy atom. The van der Waals surface area contributed by atoms with Gasteiger partial charge in [-0.25, -0.2) is 4.52 Å². The first kappa shape index (κ1) is 13.4. The van der Waals surface area contributed by atoms with Crippen LogP contribution in [0.2, 0.25) is 0 Å². The van der Waals surface area contributed by atoms with Crippen molar-refractivity contribution in [2.45, 2.75) is 20.3 Å². The summed E-state index contributed by atoms with van der Waals surface area (Å²) in [5.41, 5.74) is 4.41. The van der Waals surface area contributed by atoms with Gasteiger partial charge < -0.3 is 5.32 Å². The molecule has 0 saturated carbocycles. The number of hydrogen-bond acceptors (Lipinski definition) is 2. The molecule has 0 bridgehead atoms. The number of hydrogen-bond donors (Lipinski definition) is 1. The van der Waals surface area contributed by atoms with Gasteiger partial charge in [0.25, 0.3) is 5.91 Å². The molecular weight excluding hydrogens is 262 g/mol. The van der Waals surface area contributed by atoms with E-state index in [9.17, 15) is 4.79 Å². The molecule has 4 nitrogen and oxygen atoms in total. The van der Waals surface area contributed by atoms with Crippen LogP contribution in [-0.4, -0.2) is 15.5 Å². The number of rotatable bonds is 3. The van der Waals surface area contributed by atoms with Crippen LogP contribution < -0.4 is 5.32 Å². The van der Waals surface area contributed by atoms with E-state index < -0.39 is 0 Å². The van der Waals surface area contributed by atoms with E-state index in [1.807, 2.05) is 49.5 Å². The minimum absolute atomic E-state index is 0.178. The molecular formula is C17H17N3O. The summed E-state index contributed by atoms with van der Waals surface area (Å²) in [5.74, 6) is -0.178. The van der Waals surface area contributed by atoms with E-state index in [-0.39, 0.29) is 5.91 Å². The van der Waals surface area contributed by atoms with Gasteiger partial charge in [-0.2, -0.15) is 5.10 Å². The number of nitrogens with zero attached hydrogens (tertiary/aromatic N) is 2. The third-order valence-electron chi connectivity index (χ3n) is 3.58. The molecule has 2 aromatic heterocycles. The van der Waals surface area contributed by atoms with Gasteiger partial charge in [-0.15, -0.1) is 0 Å². The number of benzene rings is 1. The second kappa shape index (κ2) is 5.40. The van der Waals surface area contributed by atoms with Crippen molar-refractivity contribution in [1.82, 2.24) is 9.61 Å². The summed E-state index contributed by atoms with van der Waals surface area (Å²) in [6.45, 7) is 4.08. The molecule has 2 heterocycles. The fourth-order valence-electron chi connectivity index (χ4n) is 2.43. The van der Waals surface area contributed by atoms with Crippen LogP contribution in [0.15, 0.2) is 48.7 Å². The zero-order chi connectivity index (χ0) is 14.8. The van der Waals surface area contributed by atoms with E-state index in [0.29, 0.717) is 5.69 Å². The summed E-state index contributed by atoms with van der Waals surface area (Å²) in [7, 11) is 0. The lowest BCUT2D eigenvalue weighted by Crippen LogP contribution is -2.15. The maximum absolute atomic E-state index is 12.4. The van der Waals surface area contributed by atoms with E-state index in [2.05, 4.69) is 17.3 Å². The zero-order valence-corrected chi connectivity index (χ0v) is 12.1. The largest absolute Gasteiger partial charge is 0.320 e. The molecule has 3 aromatic rings. The molecule has 21 heavy (non-hydrogen) atoms. The Morgan fingerprint density at radius 3 is 2.86 bits per heavy atom. The lowest BCUT2D eigenvalue weighted by molar-refractivity contribution is 0.102. The smallest absolute Gasteiger partial charge is 0.276 e. The van der Waals surface area contributed by atoms with Gasteiger partial charge in [0.1, 0.15) is 0 Å². The average Bonchev–Trinajstić information content (AvgIpc) is 2.93. The predicted octanol–water partition coefficient (Wildman–Crippen LogP) is 3.46. The number of para-hydroxylation sites is 1.